The smallest absolute Gasteiger partial charge is 0.223 e. The Bertz CT molecular complexity index is 776. The van der Waals surface area contributed by atoms with Crippen molar-refractivity contribution in [1.29, 1.82) is 0 Å². The normalized spacial score (nSPS) is 16.7. The average Bonchev–Trinajstić information content (AvgIpc) is 2.57. The molecule has 140 valence electrons. The van der Waals surface area contributed by atoms with E-state index in [2.05, 4.69) is 39.4 Å². The summed E-state index contributed by atoms with van der Waals surface area (Å²) >= 11 is 0. The van der Waals surface area contributed by atoms with Crippen LogP contribution in [0.2, 0.25) is 0 Å². The molecule has 1 aliphatic carbocycles. The molecule has 0 aliphatic heterocycles. The molecular weight excluding hydrogens is 328 g/mol. The van der Waals surface area contributed by atoms with E-state index in [1.807, 2.05) is 12.1 Å². The van der Waals surface area contributed by atoms with Gasteiger partial charge in [-0.1, -0.05) is 26.2 Å². The number of nitrogen functional groups attached to an aromatic ring is 1. The Kier molecular flexibility index (Phi) is 5.54. The molecule has 1 amide bonds. The highest BCUT2D eigenvalue weighted by Crippen LogP contribution is 2.28. The summed E-state index contributed by atoms with van der Waals surface area (Å²) in [6.07, 6.45) is 7.92. The van der Waals surface area contributed by atoms with Crippen molar-refractivity contribution in [1.82, 2.24) is 20.3 Å². The molecule has 1 atom stereocenters. The van der Waals surface area contributed by atoms with Crippen molar-refractivity contribution >= 4 is 28.7 Å². The highest BCUT2D eigenvalue weighted by Gasteiger charge is 2.30. The van der Waals surface area contributed by atoms with Crippen molar-refractivity contribution in [3.8, 4) is 0 Å². The highest BCUT2D eigenvalue weighted by atomic mass is 16.1. The van der Waals surface area contributed by atoms with E-state index < -0.39 is 0 Å². The molecule has 0 spiro atoms. The van der Waals surface area contributed by atoms with Crippen LogP contribution < -0.4 is 16.4 Å². The summed E-state index contributed by atoms with van der Waals surface area (Å²) in [5, 5.41) is 6.62. The Balaban J connectivity index is 1.80. The van der Waals surface area contributed by atoms with E-state index in [9.17, 15) is 4.79 Å². The average molecular weight is 356 g/mol. The SMILES string of the molecule is CCCC[C@@](C)(CNC(=O)C1CCC1)Nc1nc(N)nc2cccnc12. The Morgan fingerprint density at radius 2 is 2.19 bits per heavy atom. The number of rotatable bonds is 8. The maximum atomic E-state index is 12.3. The molecule has 0 aromatic carbocycles. The molecule has 0 saturated heterocycles. The topological polar surface area (TPSA) is 106 Å². The fourth-order valence-electron chi connectivity index (χ4n) is 3.22. The number of nitrogens with one attached hydrogen (secondary N) is 2. The maximum Gasteiger partial charge on any atom is 0.223 e. The van der Waals surface area contributed by atoms with Gasteiger partial charge in [0.05, 0.1) is 11.1 Å². The molecular formula is C19H28N6O. The second-order valence-electron chi connectivity index (χ2n) is 7.44. The van der Waals surface area contributed by atoms with E-state index in [-0.39, 0.29) is 23.3 Å². The molecule has 0 radical (unpaired) electrons. The van der Waals surface area contributed by atoms with Crippen LogP contribution in [0.4, 0.5) is 11.8 Å². The summed E-state index contributed by atoms with van der Waals surface area (Å²) in [6, 6.07) is 3.70. The second-order valence-corrected chi connectivity index (χ2v) is 7.44. The van der Waals surface area contributed by atoms with Crippen LogP contribution in [-0.2, 0) is 4.79 Å². The number of unbranched alkanes of at least 4 members (excludes halogenated alkanes) is 1. The van der Waals surface area contributed by atoms with Gasteiger partial charge in [0.1, 0.15) is 5.52 Å². The lowest BCUT2D eigenvalue weighted by Gasteiger charge is -2.33. The van der Waals surface area contributed by atoms with E-state index in [4.69, 9.17) is 5.73 Å². The third-order valence-electron chi connectivity index (χ3n) is 5.10. The Morgan fingerprint density at radius 3 is 2.88 bits per heavy atom. The molecule has 3 rings (SSSR count). The Hall–Kier alpha value is -2.44. The first kappa shape index (κ1) is 18.4. The number of anilines is 2. The van der Waals surface area contributed by atoms with Gasteiger partial charge in [0.25, 0.3) is 0 Å². The molecule has 0 bridgehead atoms. The van der Waals surface area contributed by atoms with E-state index in [1.54, 1.807) is 6.20 Å². The summed E-state index contributed by atoms with van der Waals surface area (Å²) < 4.78 is 0. The van der Waals surface area contributed by atoms with E-state index in [1.165, 1.54) is 0 Å². The van der Waals surface area contributed by atoms with Crippen molar-refractivity contribution in [2.75, 3.05) is 17.6 Å². The fraction of sp³-hybridized carbons (Fsp3) is 0.579. The molecule has 4 N–H and O–H groups in total. The van der Waals surface area contributed by atoms with Gasteiger partial charge in [0.15, 0.2) is 5.82 Å². The van der Waals surface area contributed by atoms with Gasteiger partial charge in [-0.3, -0.25) is 9.78 Å². The van der Waals surface area contributed by atoms with Crippen LogP contribution in [0.5, 0.6) is 0 Å². The molecule has 1 aliphatic rings. The van der Waals surface area contributed by atoms with Gasteiger partial charge in [-0.05, 0) is 38.3 Å². The van der Waals surface area contributed by atoms with Gasteiger partial charge in [-0.2, -0.15) is 4.98 Å². The molecule has 0 unspecified atom stereocenters. The maximum absolute atomic E-state index is 12.3. The number of carbonyl (C=O) groups is 1. The number of aromatic nitrogens is 3. The zero-order valence-electron chi connectivity index (χ0n) is 15.6. The van der Waals surface area contributed by atoms with E-state index >= 15 is 0 Å². The van der Waals surface area contributed by atoms with Gasteiger partial charge in [-0.15, -0.1) is 0 Å². The van der Waals surface area contributed by atoms with Crippen LogP contribution in [-0.4, -0.2) is 32.9 Å². The highest BCUT2D eigenvalue weighted by molar-refractivity contribution is 5.86. The second kappa shape index (κ2) is 7.85. The Morgan fingerprint density at radius 1 is 1.38 bits per heavy atom. The monoisotopic (exact) mass is 356 g/mol. The van der Waals surface area contributed by atoms with Crippen LogP contribution in [0.25, 0.3) is 11.0 Å². The fourth-order valence-corrected chi connectivity index (χ4v) is 3.22. The van der Waals surface area contributed by atoms with E-state index in [0.29, 0.717) is 23.4 Å². The molecule has 7 nitrogen and oxygen atoms in total. The quantitative estimate of drug-likeness (QED) is 0.671. The molecule has 1 saturated carbocycles. The Labute approximate surface area is 154 Å². The number of amides is 1. The zero-order valence-corrected chi connectivity index (χ0v) is 15.6. The molecule has 26 heavy (non-hydrogen) atoms. The predicted octanol–water partition coefficient (Wildman–Crippen LogP) is 2.88. The van der Waals surface area contributed by atoms with Crippen LogP contribution >= 0.6 is 0 Å². The first-order chi connectivity index (χ1) is 12.5. The standard InChI is InChI=1S/C19H28N6O/c1-3-4-10-19(2,12-22-17(26)13-7-5-8-13)25-16-15-14(9-6-11-21-15)23-18(20)24-16/h6,9,11,13H,3-5,7-8,10,12H2,1-2H3,(H,22,26)(H3,20,23,24,25)/t19-/m0/s1. The van der Waals surface area contributed by atoms with Gasteiger partial charge in [0.2, 0.25) is 11.9 Å². The van der Waals surface area contributed by atoms with Crippen LogP contribution in [0.3, 0.4) is 0 Å². The molecule has 2 aromatic heterocycles. The van der Waals surface area contributed by atoms with Crippen LogP contribution in [0, 0.1) is 5.92 Å². The van der Waals surface area contributed by atoms with E-state index in [0.717, 1.165) is 38.5 Å². The minimum atomic E-state index is -0.333. The molecule has 2 heterocycles. The van der Waals surface area contributed by atoms with Crippen molar-refractivity contribution in [2.24, 2.45) is 5.92 Å². The first-order valence-corrected chi connectivity index (χ1v) is 9.45. The molecule has 7 heteroatoms. The minimum Gasteiger partial charge on any atom is -0.368 e. The van der Waals surface area contributed by atoms with Crippen LogP contribution in [0.15, 0.2) is 18.3 Å². The first-order valence-electron chi connectivity index (χ1n) is 9.45. The van der Waals surface area contributed by atoms with Gasteiger partial charge in [0, 0.05) is 18.7 Å². The molecule has 1 fully saturated rings. The van der Waals surface area contributed by atoms with Gasteiger partial charge < -0.3 is 16.4 Å². The van der Waals surface area contributed by atoms with Crippen molar-refractivity contribution in [3.05, 3.63) is 18.3 Å². The van der Waals surface area contributed by atoms with Crippen molar-refractivity contribution < 1.29 is 4.79 Å². The number of pyridine rings is 1. The lowest BCUT2D eigenvalue weighted by molar-refractivity contribution is -0.127. The zero-order chi connectivity index (χ0) is 18.6. The number of nitrogens with zero attached hydrogens (tertiary/aromatic N) is 3. The summed E-state index contributed by atoms with van der Waals surface area (Å²) in [5.74, 6) is 1.17. The largest absolute Gasteiger partial charge is 0.368 e. The third kappa shape index (κ3) is 4.20. The third-order valence-corrected chi connectivity index (χ3v) is 5.10. The predicted molar refractivity (Wildman–Crippen MR) is 104 cm³/mol. The summed E-state index contributed by atoms with van der Waals surface area (Å²) in [4.78, 5) is 25.3. The number of hydrogen-bond donors (Lipinski definition) is 3. The van der Waals surface area contributed by atoms with Gasteiger partial charge in [-0.25, -0.2) is 4.98 Å². The van der Waals surface area contributed by atoms with Crippen molar-refractivity contribution in [3.63, 3.8) is 0 Å². The van der Waals surface area contributed by atoms with Crippen molar-refractivity contribution in [2.45, 2.75) is 57.9 Å². The summed E-state index contributed by atoms with van der Waals surface area (Å²) in [7, 11) is 0. The number of fused-ring (bicyclic) bond motifs is 1. The lowest BCUT2D eigenvalue weighted by Crippen LogP contribution is -2.48. The number of nitrogens with two attached hydrogens (primary N) is 1. The summed E-state index contributed by atoms with van der Waals surface area (Å²) in [5.41, 5.74) is 6.94. The number of carbonyl (C=O) groups excluding carboxylic acids is 1. The minimum absolute atomic E-state index is 0.158. The van der Waals surface area contributed by atoms with Gasteiger partial charge >= 0.3 is 0 Å². The van der Waals surface area contributed by atoms with Crippen LogP contribution in [0.1, 0.15) is 52.4 Å². The molecule has 2 aromatic rings. The number of hydrogen-bond acceptors (Lipinski definition) is 6. The summed E-state index contributed by atoms with van der Waals surface area (Å²) in [6.45, 7) is 4.81. The lowest BCUT2D eigenvalue weighted by atomic mass is 9.84.